The lowest BCUT2D eigenvalue weighted by atomic mass is 10.0. The van der Waals surface area contributed by atoms with Crippen LogP contribution < -0.4 is 9.46 Å². The summed E-state index contributed by atoms with van der Waals surface area (Å²) in [5.74, 6) is -2.11. The summed E-state index contributed by atoms with van der Waals surface area (Å²) in [6, 6.07) is 13.2. The first kappa shape index (κ1) is 23.4. The lowest BCUT2D eigenvalue weighted by Crippen LogP contribution is -2.15. The van der Waals surface area contributed by atoms with E-state index in [1.807, 2.05) is 37.4 Å². The third kappa shape index (κ3) is 4.24. The first-order chi connectivity index (χ1) is 17.3. The van der Waals surface area contributed by atoms with E-state index in [4.69, 9.17) is 4.74 Å². The van der Waals surface area contributed by atoms with Crippen LogP contribution in [0.4, 0.5) is 14.5 Å². The summed E-state index contributed by atoms with van der Waals surface area (Å²) in [7, 11) is -1.21. The Morgan fingerprint density at radius 1 is 0.944 bits per heavy atom. The number of aryl methyl sites for hydroxylation is 1. The number of methoxy groups -OCH3 is 1. The van der Waals surface area contributed by atoms with Gasteiger partial charge in [-0.3, -0.25) is 14.4 Å². The van der Waals surface area contributed by atoms with Gasteiger partial charge in [0.15, 0.2) is 0 Å². The number of pyridine rings is 2. The van der Waals surface area contributed by atoms with Gasteiger partial charge >= 0.3 is 0 Å². The Balaban J connectivity index is 1.58. The smallest absolute Gasteiger partial charge is 0.264 e. The second-order valence-electron chi connectivity index (χ2n) is 7.90. The van der Waals surface area contributed by atoms with Gasteiger partial charge in [-0.1, -0.05) is 6.07 Å². The standard InChI is InChI=1S/C25H19F2N5O3S/c1-32-24(15-7-9-28-10-8-15)19-11-16(3-5-21(19)30-32)17-12-22(25(35-2)29-14-17)31-36(33,34)23-6-4-18(26)13-20(23)27/h3-14,31H,1-2H3. The van der Waals surface area contributed by atoms with E-state index in [0.29, 0.717) is 11.6 Å². The molecule has 3 heterocycles. The lowest BCUT2D eigenvalue weighted by molar-refractivity contribution is 0.400. The third-order valence-electron chi connectivity index (χ3n) is 5.59. The molecule has 0 aliphatic carbocycles. The monoisotopic (exact) mass is 507 g/mol. The van der Waals surface area contributed by atoms with Gasteiger partial charge in [0, 0.05) is 48.2 Å². The molecule has 0 radical (unpaired) electrons. The minimum absolute atomic E-state index is 0.000587. The van der Waals surface area contributed by atoms with Gasteiger partial charge < -0.3 is 4.74 Å². The molecule has 11 heteroatoms. The molecule has 8 nitrogen and oxygen atoms in total. The van der Waals surface area contributed by atoms with E-state index in [0.717, 1.165) is 39.9 Å². The molecule has 0 fully saturated rings. The largest absolute Gasteiger partial charge is 0.480 e. The number of rotatable bonds is 6. The molecule has 0 saturated carbocycles. The quantitative estimate of drug-likeness (QED) is 0.355. The van der Waals surface area contributed by atoms with Gasteiger partial charge in [0.05, 0.1) is 18.3 Å². The molecule has 5 rings (SSSR count). The van der Waals surface area contributed by atoms with Crippen LogP contribution in [0.5, 0.6) is 5.88 Å². The Morgan fingerprint density at radius 2 is 1.72 bits per heavy atom. The molecule has 182 valence electrons. The molecule has 0 bridgehead atoms. The maximum Gasteiger partial charge on any atom is 0.264 e. The summed E-state index contributed by atoms with van der Waals surface area (Å²) < 4.78 is 62.5. The minimum Gasteiger partial charge on any atom is -0.480 e. The van der Waals surface area contributed by atoms with Gasteiger partial charge in [-0.2, -0.15) is 5.10 Å². The van der Waals surface area contributed by atoms with Crippen LogP contribution in [-0.2, 0) is 17.1 Å². The highest BCUT2D eigenvalue weighted by molar-refractivity contribution is 7.92. The highest BCUT2D eigenvalue weighted by Crippen LogP contribution is 2.34. The van der Waals surface area contributed by atoms with Crippen LogP contribution in [0.2, 0.25) is 0 Å². The summed E-state index contributed by atoms with van der Waals surface area (Å²) in [4.78, 5) is 7.59. The molecule has 36 heavy (non-hydrogen) atoms. The summed E-state index contributed by atoms with van der Waals surface area (Å²) in [6.45, 7) is 0. The number of aromatic nitrogens is 4. The van der Waals surface area contributed by atoms with Crippen molar-refractivity contribution >= 4 is 26.6 Å². The fraction of sp³-hybridized carbons (Fsp3) is 0.0800. The van der Waals surface area contributed by atoms with Crippen molar-refractivity contribution in [3.05, 3.63) is 84.8 Å². The minimum atomic E-state index is -4.40. The average molecular weight is 508 g/mol. The van der Waals surface area contributed by atoms with Crippen molar-refractivity contribution < 1.29 is 21.9 Å². The van der Waals surface area contributed by atoms with E-state index in [1.165, 1.54) is 13.2 Å². The molecule has 1 N–H and O–H groups in total. The fourth-order valence-corrected chi connectivity index (χ4v) is 5.08. The number of nitrogens with one attached hydrogen (secondary N) is 1. The predicted octanol–water partition coefficient (Wildman–Crippen LogP) is 4.78. The zero-order valence-electron chi connectivity index (χ0n) is 19.1. The Hall–Kier alpha value is -4.38. The molecular formula is C25H19F2N5O3S. The van der Waals surface area contributed by atoms with Crippen LogP contribution in [0.1, 0.15) is 0 Å². The van der Waals surface area contributed by atoms with Crippen molar-refractivity contribution in [3.8, 4) is 28.3 Å². The number of benzene rings is 2. The second kappa shape index (κ2) is 9.00. The Labute approximate surface area is 205 Å². The molecular weight excluding hydrogens is 488 g/mol. The van der Waals surface area contributed by atoms with Crippen molar-refractivity contribution in [2.75, 3.05) is 11.8 Å². The van der Waals surface area contributed by atoms with Crippen LogP contribution in [0.25, 0.3) is 33.3 Å². The summed E-state index contributed by atoms with van der Waals surface area (Å²) >= 11 is 0. The molecule has 5 aromatic rings. The van der Waals surface area contributed by atoms with Crippen molar-refractivity contribution in [1.29, 1.82) is 0 Å². The van der Waals surface area contributed by atoms with E-state index < -0.39 is 26.6 Å². The van der Waals surface area contributed by atoms with Crippen LogP contribution >= 0.6 is 0 Å². The maximum absolute atomic E-state index is 14.2. The van der Waals surface area contributed by atoms with Gasteiger partial charge in [0.2, 0.25) is 5.88 Å². The molecule has 2 aromatic carbocycles. The highest BCUT2D eigenvalue weighted by atomic mass is 32.2. The average Bonchev–Trinajstić information content (AvgIpc) is 3.19. The number of fused-ring (bicyclic) bond motifs is 1. The lowest BCUT2D eigenvalue weighted by Gasteiger charge is -2.13. The molecule has 0 spiro atoms. The Morgan fingerprint density at radius 3 is 2.44 bits per heavy atom. The molecule has 0 amide bonds. The number of halogens is 2. The second-order valence-corrected chi connectivity index (χ2v) is 9.55. The fourth-order valence-electron chi connectivity index (χ4n) is 3.97. The number of sulfonamides is 1. The van der Waals surface area contributed by atoms with Crippen LogP contribution in [0, 0.1) is 11.6 Å². The molecule has 0 aliphatic heterocycles. The van der Waals surface area contributed by atoms with Crippen molar-refractivity contribution in [3.63, 3.8) is 0 Å². The van der Waals surface area contributed by atoms with Gasteiger partial charge in [-0.25, -0.2) is 22.2 Å². The van der Waals surface area contributed by atoms with E-state index >= 15 is 0 Å². The molecule has 0 aliphatic rings. The number of nitrogens with zero attached hydrogens (tertiary/aromatic N) is 4. The van der Waals surface area contributed by atoms with Crippen molar-refractivity contribution in [1.82, 2.24) is 19.7 Å². The number of anilines is 1. The Bertz CT molecular complexity index is 1710. The van der Waals surface area contributed by atoms with Gasteiger partial charge in [0.1, 0.15) is 22.2 Å². The van der Waals surface area contributed by atoms with Crippen molar-refractivity contribution in [2.24, 2.45) is 7.05 Å². The number of ether oxygens (including phenoxy) is 1. The predicted molar refractivity (Wildman–Crippen MR) is 131 cm³/mol. The van der Waals surface area contributed by atoms with Crippen LogP contribution in [-0.4, -0.2) is 35.3 Å². The van der Waals surface area contributed by atoms with Gasteiger partial charge in [0.25, 0.3) is 10.0 Å². The molecule has 0 unspecified atom stereocenters. The van der Waals surface area contributed by atoms with Crippen LogP contribution in [0.3, 0.4) is 0 Å². The van der Waals surface area contributed by atoms with E-state index in [9.17, 15) is 17.2 Å². The number of hydrogen-bond acceptors (Lipinski definition) is 6. The third-order valence-corrected chi connectivity index (χ3v) is 6.99. The maximum atomic E-state index is 14.2. The van der Waals surface area contributed by atoms with E-state index in [-0.39, 0.29) is 11.6 Å². The first-order valence-corrected chi connectivity index (χ1v) is 12.1. The topological polar surface area (TPSA) is 99.0 Å². The molecule has 0 atom stereocenters. The van der Waals surface area contributed by atoms with Crippen molar-refractivity contribution in [2.45, 2.75) is 4.90 Å². The van der Waals surface area contributed by atoms with E-state index in [2.05, 4.69) is 19.8 Å². The van der Waals surface area contributed by atoms with Gasteiger partial charge in [-0.05, 0) is 48.0 Å². The summed E-state index contributed by atoms with van der Waals surface area (Å²) in [6.07, 6.45) is 4.94. The zero-order valence-corrected chi connectivity index (χ0v) is 19.9. The SMILES string of the molecule is COc1ncc(-c2ccc3nn(C)c(-c4ccncc4)c3c2)cc1NS(=O)(=O)c1ccc(F)cc1F. The number of hydrogen-bond donors (Lipinski definition) is 1. The normalized spacial score (nSPS) is 11.6. The zero-order chi connectivity index (χ0) is 25.4. The van der Waals surface area contributed by atoms with Crippen LogP contribution in [0.15, 0.2) is 78.1 Å². The summed E-state index contributed by atoms with van der Waals surface area (Å²) in [5.41, 5.74) is 3.94. The molecule has 0 saturated heterocycles. The highest BCUT2D eigenvalue weighted by Gasteiger charge is 2.22. The Kier molecular flexibility index (Phi) is 5.84. The first-order valence-electron chi connectivity index (χ1n) is 10.7. The summed E-state index contributed by atoms with van der Waals surface area (Å²) in [5, 5.41) is 5.45. The van der Waals surface area contributed by atoms with E-state index in [1.54, 1.807) is 23.3 Å². The van der Waals surface area contributed by atoms with Gasteiger partial charge in [-0.15, -0.1) is 0 Å². The molecule has 3 aromatic heterocycles.